The molecular weight excluding hydrogens is 378 g/mol. The summed E-state index contributed by atoms with van der Waals surface area (Å²) in [7, 11) is 0. The van der Waals surface area contributed by atoms with Gasteiger partial charge in [0.05, 0.1) is 13.1 Å². The molecule has 2 aromatic rings. The van der Waals surface area contributed by atoms with E-state index in [0.717, 1.165) is 28.8 Å². The highest BCUT2D eigenvalue weighted by Gasteiger charge is 2.66. The van der Waals surface area contributed by atoms with Crippen molar-refractivity contribution >= 4 is 0 Å². The Balaban J connectivity index is 1.32. The molecule has 4 fully saturated rings. The van der Waals surface area contributed by atoms with Crippen LogP contribution < -0.4 is 0 Å². The third-order valence-corrected chi connectivity index (χ3v) is 7.59. The van der Waals surface area contributed by atoms with Gasteiger partial charge < -0.3 is 23.4 Å². The van der Waals surface area contributed by atoms with E-state index in [-0.39, 0.29) is 24.8 Å². The van der Waals surface area contributed by atoms with Crippen LogP contribution in [-0.2, 0) is 18.9 Å². The number of benzene rings is 2. The predicted octanol–water partition coefficient (Wildman–Crippen LogP) is 3.97. The van der Waals surface area contributed by atoms with Crippen LogP contribution >= 0.6 is 0 Å². The highest BCUT2D eigenvalue weighted by molar-refractivity contribution is 5.18. The fraction of sp³-hybridized carbons (Fsp3) is 0.520. The third kappa shape index (κ3) is 3.03. The van der Waals surface area contributed by atoms with E-state index in [4.69, 9.17) is 18.9 Å². The Morgan fingerprint density at radius 3 is 1.53 bits per heavy atom. The van der Waals surface area contributed by atoms with E-state index in [2.05, 4.69) is 24.3 Å². The summed E-state index contributed by atoms with van der Waals surface area (Å²) in [6.07, 6.45) is 3.25. The molecule has 0 amide bonds. The van der Waals surface area contributed by atoms with Crippen molar-refractivity contribution in [2.45, 2.75) is 56.1 Å². The smallest absolute Gasteiger partial charge is 0.184 e. The number of piperidine rings is 1. The van der Waals surface area contributed by atoms with Crippen molar-refractivity contribution in [3.05, 3.63) is 71.8 Å². The molecule has 2 aromatic carbocycles. The maximum absolute atomic E-state index is 6.66. The molecule has 0 N–H and O–H groups in total. The molecule has 1 spiro atoms. The highest BCUT2D eigenvalue weighted by Crippen LogP contribution is 2.48. The molecule has 0 bridgehead atoms. The molecule has 0 aromatic heterocycles. The van der Waals surface area contributed by atoms with Crippen LogP contribution in [0, 0.1) is 0 Å². The van der Waals surface area contributed by atoms with Gasteiger partial charge in [0.15, 0.2) is 12.6 Å². The maximum atomic E-state index is 6.66. The monoisotopic (exact) mass is 408 g/mol. The van der Waals surface area contributed by atoms with Gasteiger partial charge in [-0.25, -0.2) is 0 Å². The van der Waals surface area contributed by atoms with E-state index >= 15 is 0 Å². The number of hydrogen-bond donors (Lipinski definition) is 0. The Kier molecular flexibility index (Phi) is 4.89. The molecule has 158 valence electrons. The highest BCUT2D eigenvalue weighted by atomic mass is 16.7. The van der Waals surface area contributed by atoms with Crippen LogP contribution in [0.1, 0.15) is 43.0 Å². The van der Waals surface area contributed by atoms with Gasteiger partial charge in [0, 0.05) is 11.1 Å². The van der Waals surface area contributed by atoms with E-state index in [0.29, 0.717) is 12.1 Å². The Bertz CT molecular complexity index is 788. The molecular formula is C25H30NO4+. The van der Waals surface area contributed by atoms with Crippen molar-refractivity contribution < 1.29 is 23.4 Å². The fourth-order valence-corrected chi connectivity index (χ4v) is 6.16. The van der Waals surface area contributed by atoms with E-state index < -0.39 is 0 Å². The van der Waals surface area contributed by atoms with Crippen molar-refractivity contribution in [2.24, 2.45) is 0 Å². The minimum Gasteiger partial charge on any atom is -0.342 e. The molecule has 4 saturated heterocycles. The number of fused-ring (bicyclic) bond motifs is 5. The Morgan fingerprint density at radius 2 is 1.07 bits per heavy atom. The van der Waals surface area contributed by atoms with Crippen molar-refractivity contribution in [1.82, 2.24) is 0 Å². The zero-order valence-corrected chi connectivity index (χ0v) is 17.3. The molecule has 6 rings (SSSR count). The molecule has 30 heavy (non-hydrogen) atoms. The Labute approximate surface area is 178 Å². The molecule has 4 aliphatic heterocycles. The fourth-order valence-electron chi connectivity index (χ4n) is 6.16. The quantitative estimate of drug-likeness (QED) is 0.705. The number of nitrogens with zero attached hydrogens (tertiary/aromatic N) is 1. The van der Waals surface area contributed by atoms with Gasteiger partial charge in [0.2, 0.25) is 0 Å². The molecule has 6 atom stereocenters. The zero-order chi connectivity index (χ0) is 20.0. The van der Waals surface area contributed by atoms with Crippen LogP contribution in [0.5, 0.6) is 0 Å². The van der Waals surface area contributed by atoms with E-state index in [1.54, 1.807) is 0 Å². The minimum absolute atomic E-state index is 0.0298. The van der Waals surface area contributed by atoms with Gasteiger partial charge >= 0.3 is 0 Å². The lowest BCUT2D eigenvalue weighted by Crippen LogP contribution is -2.64. The molecule has 4 aliphatic rings. The number of rotatable bonds is 2. The second-order valence-electron chi connectivity index (χ2n) is 9.10. The maximum Gasteiger partial charge on any atom is 0.184 e. The van der Waals surface area contributed by atoms with Crippen molar-refractivity contribution in [1.29, 1.82) is 0 Å². The lowest BCUT2D eigenvalue weighted by atomic mass is 10.0. The standard InChI is InChI=1S/C25H30NO4/c1-4-10-18(11-5-1)24-27-16-20-22(29-24)23-21(26(20)14-8-3-9-15-26)17-28-25(30-23)19-12-6-2-7-13-19/h1-2,4-7,10-13,20-25H,3,8-9,14-17H2/q+1/t20-,21-,22+,23+,24?,25?/m0/s1. The second-order valence-corrected chi connectivity index (χ2v) is 9.10. The molecule has 0 saturated carbocycles. The van der Waals surface area contributed by atoms with Gasteiger partial charge in [-0.05, 0) is 19.3 Å². The van der Waals surface area contributed by atoms with Crippen LogP contribution in [-0.4, -0.2) is 55.1 Å². The first-order valence-electron chi connectivity index (χ1n) is 11.4. The average Bonchev–Trinajstić information content (AvgIpc) is 3.09. The zero-order valence-electron chi connectivity index (χ0n) is 17.3. The summed E-state index contributed by atoms with van der Waals surface area (Å²) >= 11 is 0. The van der Waals surface area contributed by atoms with E-state index in [1.807, 2.05) is 36.4 Å². The van der Waals surface area contributed by atoms with Gasteiger partial charge in [0.1, 0.15) is 37.5 Å². The van der Waals surface area contributed by atoms with Gasteiger partial charge in [0.25, 0.3) is 0 Å². The van der Waals surface area contributed by atoms with Crippen LogP contribution in [0.4, 0.5) is 0 Å². The molecule has 5 nitrogen and oxygen atoms in total. The summed E-state index contributed by atoms with van der Waals surface area (Å²) in [5.41, 5.74) is 2.16. The predicted molar refractivity (Wildman–Crippen MR) is 111 cm³/mol. The molecule has 4 heterocycles. The summed E-state index contributed by atoms with van der Waals surface area (Å²) in [6, 6.07) is 21.2. The normalized spacial score (nSPS) is 37.5. The lowest BCUT2D eigenvalue weighted by molar-refractivity contribution is -0.970. The molecule has 5 heteroatoms. The Morgan fingerprint density at radius 1 is 0.600 bits per heavy atom. The summed E-state index contributed by atoms with van der Waals surface area (Å²) in [5, 5.41) is 0. The summed E-state index contributed by atoms with van der Waals surface area (Å²) in [4.78, 5) is 0. The van der Waals surface area contributed by atoms with Crippen molar-refractivity contribution in [2.75, 3.05) is 26.3 Å². The van der Waals surface area contributed by atoms with E-state index in [9.17, 15) is 0 Å². The SMILES string of the molecule is c1ccc(C2OC[C@H]3[C@@H](O2)[C@@H]2OC(c4ccccc4)OC[C@@H]2[N+]32CCCCC2)cc1. The average molecular weight is 409 g/mol. The van der Waals surface area contributed by atoms with Crippen molar-refractivity contribution in [3.8, 4) is 0 Å². The number of hydrogen-bond acceptors (Lipinski definition) is 4. The van der Waals surface area contributed by atoms with Gasteiger partial charge in [-0.1, -0.05) is 60.7 Å². The summed E-state index contributed by atoms with van der Waals surface area (Å²) < 4.78 is 26.9. The molecule has 0 aliphatic carbocycles. The van der Waals surface area contributed by atoms with Crippen LogP contribution in [0.15, 0.2) is 60.7 Å². The van der Waals surface area contributed by atoms with Gasteiger partial charge in [-0.15, -0.1) is 0 Å². The molecule has 2 unspecified atom stereocenters. The van der Waals surface area contributed by atoms with Crippen LogP contribution in [0.3, 0.4) is 0 Å². The minimum atomic E-state index is -0.322. The number of quaternary nitrogens is 1. The first-order chi connectivity index (χ1) is 14.9. The summed E-state index contributed by atoms with van der Waals surface area (Å²) in [5.74, 6) is 0. The summed E-state index contributed by atoms with van der Waals surface area (Å²) in [6.45, 7) is 3.79. The molecule has 0 radical (unpaired) electrons. The van der Waals surface area contributed by atoms with Gasteiger partial charge in [-0.3, -0.25) is 0 Å². The first kappa shape index (κ1) is 19.0. The largest absolute Gasteiger partial charge is 0.342 e. The number of ether oxygens (including phenoxy) is 4. The van der Waals surface area contributed by atoms with Crippen molar-refractivity contribution in [3.63, 3.8) is 0 Å². The topological polar surface area (TPSA) is 36.9 Å². The Hall–Kier alpha value is -1.76. The van der Waals surface area contributed by atoms with Crippen LogP contribution in [0.2, 0.25) is 0 Å². The van der Waals surface area contributed by atoms with Gasteiger partial charge in [-0.2, -0.15) is 0 Å². The second kappa shape index (κ2) is 7.74. The third-order valence-electron chi connectivity index (χ3n) is 7.59. The lowest BCUT2D eigenvalue weighted by Gasteiger charge is -2.49. The van der Waals surface area contributed by atoms with Crippen LogP contribution in [0.25, 0.3) is 0 Å². The van der Waals surface area contributed by atoms with E-state index in [1.165, 1.54) is 32.4 Å². The first-order valence-corrected chi connectivity index (χ1v) is 11.4.